The number of hydrogen-bond donors (Lipinski definition) is 0. The molecule has 0 amide bonds. The van der Waals surface area contributed by atoms with Crippen molar-refractivity contribution in [2.45, 2.75) is 0 Å². The van der Waals surface area contributed by atoms with E-state index in [9.17, 15) is 0 Å². The van der Waals surface area contributed by atoms with Gasteiger partial charge in [-0.3, -0.25) is 0 Å². The van der Waals surface area contributed by atoms with Gasteiger partial charge >= 0.3 is 0 Å². The van der Waals surface area contributed by atoms with Crippen LogP contribution in [-0.4, -0.2) is 9.97 Å². The molecule has 0 aliphatic heterocycles. The fourth-order valence-electron chi connectivity index (χ4n) is 3.48. The third-order valence-electron chi connectivity index (χ3n) is 4.57. The molecule has 5 rings (SSSR count). The number of rotatable bonds is 1. The van der Waals surface area contributed by atoms with E-state index in [1.54, 1.807) is 12.4 Å². The van der Waals surface area contributed by atoms with E-state index in [0.29, 0.717) is 0 Å². The van der Waals surface area contributed by atoms with Crippen LogP contribution in [0.25, 0.3) is 43.7 Å². The molecule has 24 heavy (non-hydrogen) atoms. The van der Waals surface area contributed by atoms with Gasteiger partial charge in [0.25, 0.3) is 0 Å². The Labute approximate surface area is 139 Å². The van der Waals surface area contributed by atoms with Crippen LogP contribution < -0.4 is 0 Å². The van der Waals surface area contributed by atoms with Crippen LogP contribution in [-0.2, 0) is 0 Å². The highest BCUT2D eigenvalue weighted by molar-refractivity contribution is 6.20. The molecule has 2 nitrogen and oxygen atoms in total. The van der Waals surface area contributed by atoms with E-state index in [4.69, 9.17) is 0 Å². The maximum atomic E-state index is 4.47. The monoisotopic (exact) mass is 306 g/mol. The zero-order valence-electron chi connectivity index (χ0n) is 13.0. The van der Waals surface area contributed by atoms with Gasteiger partial charge in [-0.1, -0.05) is 60.7 Å². The molecule has 0 unspecified atom stereocenters. The van der Waals surface area contributed by atoms with Crippen molar-refractivity contribution in [2.24, 2.45) is 0 Å². The van der Waals surface area contributed by atoms with Crippen molar-refractivity contribution >= 4 is 32.3 Å². The molecule has 0 fully saturated rings. The number of benzene rings is 4. The predicted molar refractivity (Wildman–Crippen MR) is 100.0 cm³/mol. The molecule has 0 bridgehead atoms. The predicted octanol–water partition coefficient (Wildman–Crippen LogP) is 5.60. The minimum Gasteiger partial charge on any atom is -0.237 e. The van der Waals surface area contributed by atoms with E-state index in [-0.39, 0.29) is 0 Å². The molecule has 2 heteroatoms. The summed E-state index contributed by atoms with van der Waals surface area (Å²) in [5.41, 5.74) is 1.08. The lowest BCUT2D eigenvalue weighted by Crippen LogP contribution is -1.90. The molecule has 0 saturated heterocycles. The van der Waals surface area contributed by atoms with Crippen molar-refractivity contribution in [1.82, 2.24) is 9.97 Å². The van der Waals surface area contributed by atoms with Crippen molar-refractivity contribution in [3.8, 4) is 11.4 Å². The van der Waals surface area contributed by atoms with Gasteiger partial charge < -0.3 is 0 Å². The number of hydrogen-bond acceptors (Lipinski definition) is 2. The highest BCUT2D eigenvalue weighted by atomic mass is 14.8. The summed E-state index contributed by atoms with van der Waals surface area (Å²) in [5.74, 6) is 0.767. The fraction of sp³-hybridized carbons (Fsp3) is 0. The van der Waals surface area contributed by atoms with Gasteiger partial charge in [0, 0.05) is 18.0 Å². The van der Waals surface area contributed by atoms with Gasteiger partial charge in [0.05, 0.1) is 0 Å². The highest BCUT2D eigenvalue weighted by Crippen LogP contribution is 2.36. The highest BCUT2D eigenvalue weighted by Gasteiger charge is 2.11. The van der Waals surface area contributed by atoms with Crippen LogP contribution in [0.4, 0.5) is 0 Å². The summed E-state index contributed by atoms with van der Waals surface area (Å²) < 4.78 is 0. The first-order chi connectivity index (χ1) is 11.9. The SMILES string of the molecule is c1cnc(-c2cc3c4ccccc4ccc3c3ccccc23)nc1. The minimum absolute atomic E-state index is 0.767. The Bertz CT molecular complexity index is 1190. The lowest BCUT2D eigenvalue weighted by Gasteiger charge is -2.11. The second-order valence-electron chi connectivity index (χ2n) is 5.92. The van der Waals surface area contributed by atoms with E-state index in [0.717, 1.165) is 11.4 Å². The largest absolute Gasteiger partial charge is 0.237 e. The van der Waals surface area contributed by atoms with Gasteiger partial charge in [-0.15, -0.1) is 0 Å². The molecule has 5 aromatic rings. The molecular weight excluding hydrogens is 292 g/mol. The Morgan fingerprint density at radius 1 is 0.500 bits per heavy atom. The standard InChI is InChI=1S/C22H14N2/c1-2-7-16-15(6-1)10-11-19-17-8-3-4-9-18(17)21(14-20(16)19)22-23-12-5-13-24-22/h1-14H. The summed E-state index contributed by atoms with van der Waals surface area (Å²) in [6, 6.07) is 25.5. The minimum atomic E-state index is 0.767. The Balaban J connectivity index is 2.02. The Hall–Kier alpha value is -3.26. The van der Waals surface area contributed by atoms with Crippen LogP contribution in [0.1, 0.15) is 0 Å². The van der Waals surface area contributed by atoms with Crippen molar-refractivity contribution in [1.29, 1.82) is 0 Å². The quantitative estimate of drug-likeness (QED) is 0.376. The number of fused-ring (bicyclic) bond motifs is 5. The number of nitrogens with zero attached hydrogens (tertiary/aromatic N) is 2. The average molecular weight is 306 g/mol. The third-order valence-corrected chi connectivity index (χ3v) is 4.57. The van der Waals surface area contributed by atoms with Crippen molar-refractivity contribution in [2.75, 3.05) is 0 Å². The Kier molecular flexibility index (Phi) is 2.83. The molecule has 1 heterocycles. The lowest BCUT2D eigenvalue weighted by atomic mass is 9.93. The van der Waals surface area contributed by atoms with Gasteiger partial charge in [-0.05, 0) is 44.5 Å². The van der Waals surface area contributed by atoms with Gasteiger partial charge in [0.15, 0.2) is 5.82 Å². The average Bonchev–Trinajstić information content (AvgIpc) is 2.67. The first-order valence-corrected chi connectivity index (χ1v) is 8.02. The van der Waals surface area contributed by atoms with Crippen LogP contribution in [0.3, 0.4) is 0 Å². The molecule has 0 radical (unpaired) electrons. The van der Waals surface area contributed by atoms with Crippen LogP contribution in [0.2, 0.25) is 0 Å². The molecular formula is C22H14N2. The molecule has 1 aromatic heterocycles. The van der Waals surface area contributed by atoms with Crippen LogP contribution in [0, 0.1) is 0 Å². The van der Waals surface area contributed by atoms with E-state index in [1.165, 1.54) is 32.3 Å². The first kappa shape index (κ1) is 13.2. The van der Waals surface area contributed by atoms with Gasteiger partial charge in [-0.25, -0.2) is 9.97 Å². The summed E-state index contributed by atoms with van der Waals surface area (Å²) >= 11 is 0. The van der Waals surface area contributed by atoms with E-state index in [1.807, 2.05) is 6.07 Å². The second-order valence-corrected chi connectivity index (χ2v) is 5.92. The summed E-state index contributed by atoms with van der Waals surface area (Å²) in [7, 11) is 0. The smallest absolute Gasteiger partial charge is 0.159 e. The van der Waals surface area contributed by atoms with Crippen molar-refractivity contribution < 1.29 is 0 Å². The zero-order chi connectivity index (χ0) is 15.9. The van der Waals surface area contributed by atoms with Gasteiger partial charge in [0.2, 0.25) is 0 Å². The topological polar surface area (TPSA) is 25.8 Å². The normalized spacial score (nSPS) is 11.3. The maximum absolute atomic E-state index is 4.47. The van der Waals surface area contributed by atoms with Crippen LogP contribution in [0.15, 0.2) is 85.2 Å². The lowest BCUT2D eigenvalue weighted by molar-refractivity contribution is 1.18. The van der Waals surface area contributed by atoms with Gasteiger partial charge in [-0.2, -0.15) is 0 Å². The molecule has 112 valence electrons. The molecule has 0 aliphatic rings. The summed E-state index contributed by atoms with van der Waals surface area (Å²) in [5, 5.41) is 7.45. The van der Waals surface area contributed by atoms with E-state index >= 15 is 0 Å². The molecule has 0 spiro atoms. The first-order valence-electron chi connectivity index (χ1n) is 8.02. The maximum Gasteiger partial charge on any atom is 0.159 e. The third kappa shape index (κ3) is 1.90. The molecule has 4 aromatic carbocycles. The van der Waals surface area contributed by atoms with Crippen molar-refractivity contribution in [3.05, 3.63) is 85.2 Å². The van der Waals surface area contributed by atoms with Gasteiger partial charge in [0.1, 0.15) is 0 Å². The second kappa shape index (κ2) is 5.14. The summed E-state index contributed by atoms with van der Waals surface area (Å²) in [4.78, 5) is 8.95. The van der Waals surface area contributed by atoms with Crippen molar-refractivity contribution in [3.63, 3.8) is 0 Å². The van der Waals surface area contributed by atoms with Crippen LogP contribution >= 0.6 is 0 Å². The fourth-order valence-corrected chi connectivity index (χ4v) is 3.48. The Morgan fingerprint density at radius 2 is 1.17 bits per heavy atom. The zero-order valence-corrected chi connectivity index (χ0v) is 13.0. The van der Waals surface area contributed by atoms with Crippen LogP contribution in [0.5, 0.6) is 0 Å². The summed E-state index contributed by atoms with van der Waals surface area (Å²) in [6.45, 7) is 0. The summed E-state index contributed by atoms with van der Waals surface area (Å²) in [6.07, 6.45) is 3.59. The molecule has 0 aliphatic carbocycles. The van der Waals surface area contributed by atoms with E-state index in [2.05, 4.69) is 76.7 Å². The molecule has 0 saturated carbocycles. The number of aromatic nitrogens is 2. The molecule has 0 atom stereocenters. The Morgan fingerprint density at radius 3 is 2.00 bits per heavy atom. The van der Waals surface area contributed by atoms with E-state index < -0.39 is 0 Å². The molecule has 0 N–H and O–H groups in total.